The van der Waals surface area contributed by atoms with Gasteiger partial charge in [-0.3, -0.25) is 0 Å². The molecule has 1 saturated heterocycles. The lowest BCUT2D eigenvalue weighted by molar-refractivity contribution is -0.300. The zero-order valence-corrected chi connectivity index (χ0v) is 12.4. The Kier molecular flexibility index (Phi) is 4.08. The van der Waals surface area contributed by atoms with Crippen LogP contribution in [0.2, 0.25) is 0 Å². The molecule has 0 saturated carbocycles. The normalized spacial score (nSPS) is 21.6. The topological polar surface area (TPSA) is 9.23 Å². The molecule has 0 radical (unpaired) electrons. The summed E-state index contributed by atoms with van der Waals surface area (Å²) in [6, 6.07) is 17.4. The molecule has 1 aliphatic rings. The molecule has 0 spiro atoms. The molecule has 0 amide bonds. The van der Waals surface area contributed by atoms with E-state index in [1.807, 2.05) is 61.5 Å². The Morgan fingerprint density at radius 1 is 1.05 bits per heavy atom. The molecule has 0 N–H and O–H groups in total. The number of hydrogen-bond acceptors (Lipinski definition) is 1. The number of hydrogen-bond donors (Lipinski definition) is 0. The predicted octanol–water partition coefficient (Wildman–Crippen LogP) is 5.22. The van der Waals surface area contributed by atoms with Gasteiger partial charge in [0.2, 0.25) is 0 Å². The summed E-state index contributed by atoms with van der Waals surface area (Å²) < 4.78 is 32.1. The fourth-order valence-electron chi connectivity index (χ4n) is 2.63. The maximum Gasteiger partial charge on any atom is 0.383 e. The maximum absolute atomic E-state index is 13.7. The van der Waals surface area contributed by atoms with Gasteiger partial charge in [-0.25, -0.2) is 0 Å². The Morgan fingerprint density at radius 2 is 1.73 bits per heavy atom. The van der Waals surface area contributed by atoms with Crippen LogP contribution in [0.25, 0.3) is 0 Å². The average Bonchev–Trinajstić information content (AvgIpc) is 2.51. The Hall–Kier alpha value is -2.00. The van der Waals surface area contributed by atoms with Gasteiger partial charge in [0.1, 0.15) is 6.10 Å². The molecule has 1 heterocycles. The minimum atomic E-state index is -3.13. The second-order valence-corrected chi connectivity index (χ2v) is 5.61. The highest BCUT2D eigenvalue weighted by Gasteiger charge is 2.53. The lowest BCUT2D eigenvalue weighted by atomic mass is 9.93. The molecular weight excluding hydrogens is 282 g/mol. The lowest BCUT2D eigenvalue weighted by Gasteiger charge is -2.38. The summed E-state index contributed by atoms with van der Waals surface area (Å²) in [5.41, 5.74) is 3.11. The van der Waals surface area contributed by atoms with E-state index >= 15 is 0 Å². The number of ether oxygens (including phenoxy) is 1. The average molecular weight is 300 g/mol. The number of benzene rings is 2. The van der Waals surface area contributed by atoms with Crippen LogP contribution in [-0.4, -0.2) is 6.11 Å². The van der Waals surface area contributed by atoms with Crippen molar-refractivity contribution in [1.82, 2.24) is 0 Å². The molecule has 1 aliphatic heterocycles. The first-order valence-electron chi connectivity index (χ1n) is 7.43. The van der Waals surface area contributed by atoms with Crippen molar-refractivity contribution in [2.75, 3.05) is 0 Å². The number of aryl methyl sites for hydroxylation is 2. The van der Waals surface area contributed by atoms with Crippen molar-refractivity contribution in [1.29, 1.82) is 0 Å². The van der Waals surface area contributed by atoms with Gasteiger partial charge < -0.3 is 4.74 Å². The minimum Gasteiger partial charge on any atom is -0.304 e. The van der Waals surface area contributed by atoms with E-state index in [0.717, 1.165) is 23.1 Å². The van der Waals surface area contributed by atoms with Gasteiger partial charge in [0, 0.05) is 0 Å². The lowest BCUT2D eigenvalue weighted by Crippen LogP contribution is -2.41. The molecule has 2 aromatic carbocycles. The second kappa shape index (κ2) is 6.01. The van der Waals surface area contributed by atoms with Crippen LogP contribution in [0.1, 0.15) is 29.2 Å². The van der Waals surface area contributed by atoms with Gasteiger partial charge in [-0.1, -0.05) is 66.2 Å². The van der Waals surface area contributed by atoms with Crippen LogP contribution in [-0.2, 0) is 11.2 Å². The van der Waals surface area contributed by atoms with Crippen LogP contribution in [0.3, 0.4) is 0 Å². The van der Waals surface area contributed by atoms with Crippen LogP contribution >= 0.6 is 0 Å². The van der Waals surface area contributed by atoms with E-state index in [2.05, 4.69) is 0 Å². The smallest absolute Gasteiger partial charge is 0.304 e. The predicted molar refractivity (Wildman–Crippen MR) is 82.8 cm³/mol. The summed E-state index contributed by atoms with van der Waals surface area (Å²) >= 11 is 0. The van der Waals surface area contributed by atoms with E-state index in [1.54, 1.807) is 6.08 Å². The number of halogens is 2. The Bertz CT molecular complexity index is 660. The van der Waals surface area contributed by atoms with E-state index < -0.39 is 12.2 Å². The third-order valence-corrected chi connectivity index (χ3v) is 3.90. The first kappa shape index (κ1) is 14.9. The van der Waals surface area contributed by atoms with Gasteiger partial charge in [-0.15, -0.1) is 0 Å². The summed E-state index contributed by atoms with van der Waals surface area (Å²) in [4.78, 5) is 0. The fraction of sp³-hybridized carbons (Fsp3) is 0.263. The number of rotatable bonds is 4. The second-order valence-electron chi connectivity index (χ2n) is 5.61. The monoisotopic (exact) mass is 300 g/mol. The van der Waals surface area contributed by atoms with Gasteiger partial charge in [0.15, 0.2) is 0 Å². The van der Waals surface area contributed by atoms with Crippen molar-refractivity contribution in [2.24, 2.45) is 0 Å². The molecular formula is C19H18F2O. The summed E-state index contributed by atoms with van der Waals surface area (Å²) in [5, 5.41) is 0. The van der Waals surface area contributed by atoms with Crippen molar-refractivity contribution in [3.8, 4) is 0 Å². The van der Waals surface area contributed by atoms with E-state index in [4.69, 9.17) is 4.74 Å². The van der Waals surface area contributed by atoms with E-state index in [1.165, 1.54) is 0 Å². The summed E-state index contributed by atoms with van der Waals surface area (Å²) in [6.07, 6.45) is -0.791. The number of alkyl halides is 2. The van der Waals surface area contributed by atoms with Gasteiger partial charge in [-0.05, 0) is 30.9 Å². The molecule has 114 valence electrons. The van der Waals surface area contributed by atoms with E-state index in [-0.39, 0.29) is 5.57 Å². The van der Waals surface area contributed by atoms with Crippen molar-refractivity contribution in [3.05, 3.63) is 82.9 Å². The van der Waals surface area contributed by atoms with Crippen LogP contribution in [0.15, 0.2) is 66.2 Å². The molecule has 0 aliphatic carbocycles. The highest BCUT2D eigenvalue weighted by molar-refractivity contribution is 5.35. The molecule has 0 bridgehead atoms. The standard InChI is InChI=1S/C19H18F2O/c1-14-10-12-16(13-11-14)18-17(19(20,21)22-18)9-5-8-15-6-3-2-4-7-15/h2-4,6-7,9-13,18H,5,8H2,1H3/b17-9+. The maximum atomic E-state index is 13.7. The summed E-state index contributed by atoms with van der Waals surface area (Å²) in [5.74, 6) is 0. The Balaban J connectivity index is 1.71. The molecule has 2 aromatic rings. The molecule has 0 aromatic heterocycles. The van der Waals surface area contributed by atoms with E-state index in [0.29, 0.717) is 6.42 Å². The molecule has 1 nitrogen and oxygen atoms in total. The van der Waals surface area contributed by atoms with Gasteiger partial charge in [0.05, 0.1) is 5.57 Å². The van der Waals surface area contributed by atoms with E-state index in [9.17, 15) is 8.78 Å². The minimum absolute atomic E-state index is 0.0762. The third-order valence-electron chi connectivity index (χ3n) is 3.90. The summed E-state index contributed by atoms with van der Waals surface area (Å²) in [6.45, 7) is 1.97. The van der Waals surface area contributed by atoms with Crippen molar-refractivity contribution < 1.29 is 13.5 Å². The van der Waals surface area contributed by atoms with Gasteiger partial charge in [-0.2, -0.15) is 8.78 Å². The third kappa shape index (κ3) is 3.09. The van der Waals surface area contributed by atoms with Crippen LogP contribution in [0, 0.1) is 6.92 Å². The molecule has 22 heavy (non-hydrogen) atoms. The quantitative estimate of drug-likeness (QED) is 0.704. The first-order chi connectivity index (χ1) is 10.6. The van der Waals surface area contributed by atoms with Crippen LogP contribution < -0.4 is 0 Å². The largest absolute Gasteiger partial charge is 0.383 e. The SMILES string of the molecule is Cc1ccc(C2OC(F)(F)/C2=C/CCc2ccccc2)cc1. The first-order valence-corrected chi connectivity index (χ1v) is 7.43. The van der Waals surface area contributed by atoms with Crippen LogP contribution in [0.5, 0.6) is 0 Å². The van der Waals surface area contributed by atoms with Crippen molar-refractivity contribution in [2.45, 2.75) is 32.0 Å². The molecule has 1 atom stereocenters. The number of allylic oxidation sites excluding steroid dienone is 1. The summed E-state index contributed by atoms with van der Waals surface area (Å²) in [7, 11) is 0. The van der Waals surface area contributed by atoms with Crippen molar-refractivity contribution in [3.63, 3.8) is 0 Å². The van der Waals surface area contributed by atoms with Gasteiger partial charge >= 0.3 is 6.11 Å². The molecule has 3 heteroatoms. The zero-order chi connectivity index (χ0) is 15.6. The Labute approximate surface area is 129 Å². The zero-order valence-electron chi connectivity index (χ0n) is 12.4. The van der Waals surface area contributed by atoms with Crippen molar-refractivity contribution >= 4 is 0 Å². The highest BCUT2D eigenvalue weighted by Crippen LogP contribution is 2.50. The van der Waals surface area contributed by atoms with Crippen LogP contribution in [0.4, 0.5) is 8.78 Å². The molecule has 1 fully saturated rings. The highest BCUT2D eigenvalue weighted by atomic mass is 19.3. The Morgan fingerprint density at radius 3 is 2.36 bits per heavy atom. The molecule has 1 unspecified atom stereocenters. The fourth-order valence-corrected chi connectivity index (χ4v) is 2.63. The molecule has 3 rings (SSSR count). The van der Waals surface area contributed by atoms with Gasteiger partial charge in [0.25, 0.3) is 0 Å².